The predicted molar refractivity (Wildman–Crippen MR) is 67.9 cm³/mol. The maximum atomic E-state index is 14.0. The largest absolute Gasteiger partial charge is 0.339 e. The van der Waals surface area contributed by atoms with Gasteiger partial charge in [0.15, 0.2) is 0 Å². The molecule has 0 fully saturated rings. The van der Waals surface area contributed by atoms with Crippen LogP contribution in [0.4, 0.5) is 17.6 Å². The summed E-state index contributed by atoms with van der Waals surface area (Å²) in [5.74, 6) is -8.55. The van der Waals surface area contributed by atoms with Crippen molar-refractivity contribution in [2.24, 2.45) is 0 Å². The molecule has 0 aliphatic heterocycles. The van der Waals surface area contributed by atoms with Gasteiger partial charge in [-0.3, -0.25) is 0 Å². The molecule has 0 aromatic heterocycles. The first-order valence-electron chi connectivity index (χ1n) is 5.46. The fourth-order valence-corrected chi connectivity index (χ4v) is 1.83. The van der Waals surface area contributed by atoms with Gasteiger partial charge in [0.1, 0.15) is 0 Å². The van der Waals surface area contributed by atoms with E-state index in [0.717, 1.165) is 24.3 Å². The van der Waals surface area contributed by atoms with Gasteiger partial charge >= 0.3 is 11.8 Å². The van der Waals surface area contributed by atoms with E-state index in [1.54, 1.807) is 0 Å². The average Bonchev–Trinajstić information content (AvgIpc) is 2.40. The molecule has 2 aromatic rings. The average molecular weight is 286 g/mol. The lowest BCUT2D eigenvalue weighted by Crippen LogP contribution is -2.35. The minimum Gasteiger partial charge on any atom is -0.194 e. The van der Waals surface area contributed by atoms with Crippen molar-refractivity contribution in [3.05, 3.63) is 65.7 Å². The van der Waals surface area contributed by atoms with Crippen LogP contribution in [0.3, 0.4) is 0 Å². The van der Waals surface area contributed by atoms with Gasteiger partial charge in [-0.25, -0.2) is 0 Å². The molecule has 0 unspecified atom stereocenters. The molecule has 0 amide bonds. The summed E-state index contributed by atoms with van der Waals surface area (Å²) in [4.78, 5) is 0.433. The lowest BCUT2D eigenvalue weighted by molar-refractivity contribution is -0.223. The van der Waals surface area contributed by atoms with Crippen LogP contribution in [0.2, 0.25) is 0 Å². The first kappa shape index (κ1) is 13.9. The summed E-state index contributed by atoms with van der Waals surface area (Å²) in [6.07, 6.45) is 0. The second kappa shape index (κ2) is 4.89. The number of rotatable bonds is 3. The highest BCUT2D eigenvalue weighted by molar-refractivity contribution is 7.80. The third kappa shape index (κ3) is 2.47. The summed E-state index contributed by atoms with van der Waals surface area (Å²) >= 11 is 3.94. The molecule has 0 nitrogen and oxygen atoms in total. The summed E-state index contributed by atoms with van der Waals surface area (Å²) in [7, 11) is 0. The molecule has 100 valence electrons. The number of hydrogen-bond acceptors (Lipinski definition) is 1. The van der Waals surface area contributed by atoms with E-state index in [-0.39, 0.29) is 0 Å². The normalized spacial score (nSPS) is 12.5. The Morgan fingerprint density at radius 3 is 1.53 bits per heavy atom. The van der Waals surface area contributed by atoms with Crippen LogP contribution in [-0.4, -0.2) is 0 Å². The molecule has 2 aromatic carbocycles. The molecule has 5 heteroatoms. The van der Waals surface area contributed by atoms with E-state index in [2.05, 4.69) is 12.6 Å². The molecule has 0 aliphatic carbocycles. The molecule has 0 atom stereocenters. The standard InChI is InChI=1S/C14H10F4S/c15-13(16,10-4-2-1-3-5-10)14(17,18)11-6-8-12(19)9-7-11/h1-9,19H. The van der Waals surface area contributed by atoms with Gasteiger partial charge in [0.2, 0.25) is 0 Å². The van der Waals surface area contributed by atoms with E-state index >= 15 is 0 Å². The molecule has 0 saturated heterocycles. The summed E-state index contributed by atoms with van der Waals surface area (Å²) in [6.45, 7) is 0. The van der Waals surface area contributed by atoms with Crippen molar-refractivity contribution in [1.29, 1.82) is 0 Å². The van der Waals surface area contributed by atoms with E-state index in [1.165, 1.54) is 30.3 Å². The molecule has 0 N–H and O–H groups in total. The second-order valence-electron chi connectivity index (χ2n) is 4.06. The first-order valence-corrected chi connectivity index (χ1v) is 5.91. The maximum Gasteiger partial charge on any atom is 0.339 e. The highest BCUT2D eigenvalue weighted by atomic mass is 32.1. The van der Waals surface area contributed by atoms with Crippen LogP contribution >= 0.6 is 12.6 Å². The molecule has 0 aliphatic rings. The molecule has 0 radical (unpaired) electrons. The molecule has 0 saturated carbocycles. The van der Waals surface area contributed by atoms with Gasteiger partial charge < -0.3 is 0 Å². The zero-order valence-electron chi connectivity index (χ0n) is 9.66. The number of benzene rings is 2. The van der Waals surface area contributed by atoms with Crippen molar-refractivity contribution in [2.45, 2.75) is 16.7 Å². The Kier molecular flexibility index (Phi) is 3.58. The van der Waals surface area contributed by atoms with Gasteiger partial charge in [-0.15, -0.1) is 12.6 Å². The highest BCUT2D eigenvalue weighted by Gasteiger charge is 2.58. The lowest BCUT2D eigenvalue weighted by atomic mass is 9.96. The summed E-state index contributed by atoms with van der Waals surface area (Å²) in [5, 5.41) is 0. The predicted octanol–water partition coefficient (Wildman–Crippen LogP) is 4.86. The Hall–Kier alpha value is -1.49. The van der Waals surface area contributed by atoms with Crippen LogP contribution in [-0.2, 0) is 11.8 Å². The van der Waals surface area contributed by atoms with Crippen LogP contribution in [0.15, 0.2) is 59.5 Å². The molecule has 0 spiro atoms. The number of halogens is 4. The third-order valence-corrected chi connectivity index (χ3v) is 3.06. The summed E-state index contributed by atoms with van der Waals surface area (Å²) in [6, 6.07) is 10.5. The van der Waals surface area contributed by atoms with Crippen LogP contribution in [0.1, 0.15) is 11.1 Å². The van der Waals surface area contributed by atoms with Gasteiger partial charge in [-0.1, -0.05) is 42.5 Å². The van der Waals surface area contributed by atoms with Crippen LogP contribution in [0.5, 0.6) is 0 Å². The topological polar surface area (TPSA) is 0 Å². The fourth-order valence-electron chi connectivity index (χ4n) is 1.68. The maximum absolute atomic E-state index is 14.0. The van der Waals surface area contributed by atoms with E-state index in [1.807, 2.05) is 0 Å². The monoisotopic (exact) mass is 286 g/mol. The first-order chi connectivity index (χ1) is 8.85. The second-order valence-corrected chi connectivity index (χ2v) is 4.58. The van der Waals surface area contributed by atoms with E-state index in [9.17, 15) is 17.6 Å². The Morgan fingerprint density at radius 2 is 1.05 bits per heavy atom. The fraction of sp³-hybridized carbons (Fsp3) is 0.143. The van der Waals surface area contributed by atoms with Gasteiger partial charge in [-0.05, 0) is 12.1 Å². The Morgan fingerprint density at radius 1 is 0.632 bits per heavy atom. The van der Waals surface area contributed by atoms with E-state index in [0.29, 0.717) is 4.90 Å². The van der Waals surface area contributed by atoms with Crippen molar-refractivity contribution in [2.75, 3.05) is 0 Å². The minimum absolute atomic E-state index is 0.433. The minimum atomic E-state index is -4.28. The van der Waals surface area contributed by atoms with Crippen molar-refractivity contribution >= 4 is 12.6 Å². The molecule has 19 heavy (non-hydrogen) atoms. The van der Waals surface area contributed by atoms with Crippen LogP contribution in [0, 0.1) is 0 Å². The Balaban J connectivity index is 2.46. The lowest BCUT2D eigenvalue weighted by Gasteiger charge is -2.27. The van der Waals surface area contributed by atoms with Gasteiger partial charge in [0, 0.05) is 16.0 Å². The molecule has 0 heterocycles. The van der Waals surface area contributed by atoms with Gasteiger partial charge in [0.05, 0.1) is 0 Å². The number of hydrogen-bond donors (Lipinski definition) is 1. The number of alkyl halides is 4. The third-order valence-electron chi connectivity index (χ3n) is 2.76. The summed E-state index contributed by atoms with van der Waals surface area (Å²) in [5.41, 5.74) is -1.45. The van der Waals surface area contributed by atoms with Crippen LogP contribution < -0.4 is 0 Å². The Bertz CT molecular complexity index is 549. The molecular weight excluding hydrogens is 276 g/mol. The molecule has 0 bridgehead atoms. The molecule has 2 rings (SSSR count). The summed E-state index contributed by atoms with van der Waals surface area (Å²) < 4.78 is 55.9. The van der Waals surface area contributed by atoms with Crippen molar-refractivity contribution in [3.8, 4) is 0 Å². The van der Waals surface area contributed by atoms with Crippen molar-refractivity contribution in [3.63, 3.8) is 0 Å². The van der Waals surface area contributed by atoms with E-state index < -0.39 is 23.0 Å². The molecular formula is C14H10F4S. The van der Waals surface area contributed by atoms with Gasteiger partial charge in [-0.2, -0.15) is 17.6 Å². The zero-order valence-corrected chi connectivity index (χ0v) is 10.5. The van der Waals surface area contributed by atoms with Crippen molar-refractivity contribution in [1.82, 2.24) is 0 Å². The van der Waals surface area contributed by atoms with Crippen molar-refractivity contribution < 1.29 is 17.6 Å². The zero-order chi connectivity index (χ0) is 14.1. The van der Waals surface area contributed by atoms with Gasteiger partial charge in [0.25, 0.3) is 0 Å². The van der Waals surface area contributed by atoms with E-state index in [4.69, 9.17) is 0 Å². The SMILES string of the molecule is FC(F)(c1ccccc1)C(F)(F)c1ccc(S)cc1. The quantitative estimate of drug-likeness (QED) is 0.604. The Labute approximate surface area is 113 Å². The highest BCUT2D eigenvalue weighted by Crippen LogP contribution is 2.49. The van der Waals surface area contributed by atoms with Crippen LogP contribution in [0.25, 0.3) is 0 Å². The smallest absolute Gasteiger partial charge is 0.194 e. The number of thiol groups is 1.